The van der Waals surface area contributed by atoms with Crippen molar-refractivity contribution >= 4 is 15.9 Å². The molecule has 1 amide bonds. The van der Waals surface area contributed by atoms with Gasteiger partial charge in [-0.15, -0.1) is 0 Å². The van der Waals surface area contributed by atoms with Crippen LogP contribution in [0.5, 0.6) is 5.75 Å². The predicted octanol–water partition coefficient (Wildman–Crippen LogP) is 4.12. The molecule has 3 aromatic rings. The lowest BCUT2D eigenvalue weighted by molar-refractivity contribution is -0.121. The van der Waals surface area contributed by atoms with Crippen molar-refractivity contribution in [2.75, 3.05) is 13.6 Å². The average Bonchev–Trinajstić information content (AvgIpc) is 2.82. The Morgan fingerprint density at radius 2 is 1.58 bits per heavy atom. The minimum Gasteiger partial charge on any atom is -0.489 e. The number of carbonyl (C=O) groups excluding carboxylic acids is 1. The molecular weight excluding hydrogens is 443 g/mol. The van der Waals surface area contributed by atoms with Crippen LogP contribution in [-0.4, -0.2) is 32.2 Å². The van der Waals surface area contributed by atoms with E-state index in [1.807, 2.05) is 54.6 Å². The summed E-state index contributed by atoms with van der Waals surface area (Å²) in [5.41, 5.74) is 1.93. The summed E-state index contributed by atoms with van der Waals surface area (Å²) in [6.45, 7) is 0.924. The third-order valence-corrected chi connectivity index (χ3v) is 7.00. The lowest BCUT2D eigenvalue weighted by Gasteiger charge is -2.17. The molecule has 6 nitrogen and oxygen atoms in total. The monoisotopic (exact) mass is 470 g/mol. The minimum atomic E-state index is -3.72. The molecule has 0 saturated heterocycles. The maximum atomic E-state index is 13.0. The number of carbonyl (C=O) groups is 1. The first-order chi connectivity index (χ1) is 15.9. The number of halogens is 1. The Morgan fingerprint density at radius 1 is 0.939 bits per heavy atom. The largest absolute Gasteiger partial charge is 0.489 e. The molecule has 33 heavy (non-hydrogen) atoms. The quantitative estimate of drug-likeness (QED) is 0.457. The predicted molar refractivity (Wildman–Crippen MR) is 125 cm³/mol. The Morgan fingerprint density at radius 3 is 2.27 bits per heavy atom. The number of sulfonamides is 1. The van der Waals surface area contributed by atoms with Gasteiger partial charge in [-0.25, -0.2) is 17.1 Å². The second-order valence-corrected chi connectivity index (χ2v) is 9.58. The van der Waals surface area contributed by atoms with E-state index in [2.05, 4.69) is 5.32 Å². The molecule has 0 spiro atoms. The van der Waals surface area contributed by atoms with E-state index >= 15 is 0 Å². The molecule has 0 unspecified atom stereocenters. The van der Waals surface area contributed by atoms with Gasteiger partial charge in [0, 0.05) is 26.6 Å². The van der Waals surface area contributed by atoms with E-state index in [0.717, 1.165) is 29.0 Å². The summed E-state index contributed by atoms with van der Waals surface area (Å²) in [6.07, 6.45) is 0.549. The maximum Gasteiger partial charge on any atom is 0.242 e. The second kappa shape index (κ2) is 11.6. The number of benzene rings is 3. The fourth-order valence-corrected chi connectivity index (χ4v) is 4.41. The lowest BCUT2D eigenvalue weighted by Crippen LogP contribution is -2.29. The van der Waals surface area contributed by atoms with Crippen molar-refractivity contribution in [2.24, 2.45) is 0 Å². The smallest absolute Gasteiger partial charge is 0.242 e. The molecule has 0 radical (unpaired) electrons. The summed E-state index contributed by atoms with van der Waals surface area (Å²) in [5, 5.41) is 2.88. The normalized spacial score (nSPS) is 11.4. The highest BCUT2D eigenvalue weighted by Crippen LogP contribution is 2.16. The van der Waals surface area contributed by atoms with Crippen LogP contribution < -0.4 is 10.1 Å². The molecule has 0 aliphatic rings. The van der Waals surface area contributed by atoms with E-state index in [1.165, 1.54) is 23.5 Å². The van der Waals surface area contributed by atoms with Crippen LogP contribution in [0.2, 0.25) is 0 Å². The molecule has 0 heterocycles. The summed E-state index contributed by atoms with van der Waals surface area (Å²) < 4.78 is 45.1. The molecule has 0 fully saturated rings. The first-order valence-electron chi connectivity index (χ1n) is 10.6. The van der Waals surface area contributed by atoms with Gasteiger partial charge in [0.15, 0.2) is 0 Å². The molecule has 174 valence electrons. The SMILES string of the molecule is CN(CCCC(=O)NCc1ccccc1COc1ccccc1)S(=O)(=O)c1ccc(F)cc1. The molecule has 8 heteroatoms. The number of hydrogen-bond donors (Lipinski definition) is 1. The van der Waals surface area contributed by atoms with Crippen LogP contribution in [0.25, 0.3) is 0 Å². The Kier molecular flexibility index (Phi) is 8.57. The molecular formula is C25H27FN2O4S. The van der Waals surface area contributed by atoms with Crippen LogP contribution in [-0.2, 0) is 28.0 Å². The van der Waals surface area contributed by atoms with Crippen LogP contribution in [0.4, 0.5) is 4.39 Å². The average molecular weight is 471 g/mol. The topological polar surface area (TPSA) is 75.7 Å². The number of ether oxygens (including phenoxy) is 1. The first kappa shape index (κ1) is 24.4. The van der Waals surface area contributed by atoms with Gasteiger partial charge in [-0.3, -0.25) is 4.79 Å². The number of rotatable bonds is 11. The molecule has 1 N–H and O–H groups in total. The van der Waals surface area contributed by atoms with E-state index in [9.17, 15) is 17.6 Å². The van der Waals surface area contributed by atoms with Crippen molar-refractivity contribution in [1.82, 2.24) is 9.62 Å². The Hall–Kier alpha value is -3.23. The van der Waals surface area contributed by atoms with E-state index in [1.54, 1.807) is 0 Å². The molecule has 0 saturated carbocycles. The minimum absolute atomic E-state index is 0.0187. The van der Waals surface area contributed by atoms with E-state index in [-0.39, 0.29) is 23.8 Å². The third kappa shape index (κ3) is 7.13. The maximum absolute atomic E-state index is 13.0. The lowest BCUT2D eigenvalue weighted by atomic mass is 10.1. The number of para-hydroxylation sites is 1. The summed E-state index contributed by atoms with van der Waals surface area (Å²) in [6, 6.07) is 21.9. The van der Waals surface area contributed by atoms with Gasteiger partial charge in [-0.1, -0.05) is 42.5 Å². The zero-order chi connectivity index (χ0) is 23.7. The van der Waals surface area contributed by atoms with Crippen molar-refractivity contribution in [3.8, 4) is 5.75 Å². The summed E-state index contributed by atoms with van der Waals surface area (Å²) in [4.78, 5) is 12.3. The molecule has 0 bridgehead atoms. The van der Waals surface area contributed by atoms with Gasteiger partial charge < -0.3 is 10.1 Å². The second-order valence-electron chi connectivity index (χ2n) is 7.53. The Labute approximate surface area is 194 Å². The van der Waals surface area contributed by atoms with Gasteiger partial charge in [0.25, 0.3) is 0 Å². The van der Waals surface area contributed by atoms with Gasteiger partial charge >= 0.3 is 0 Å². The van der Waals surface area contributed by atoms with E-state index in [4.69, 9.17) is 4.74 Å². The van der Waals surface area contributed by atoms with Gasteiger partial charge in [0.05, 0.1) is 4.90 Å². The fraction of sp³-hybridized carbons (Fsp3) is 0.240. The van der Waals surface area contributed by atoms with Crippen LogP contribution in [0, 0.1) is 5.82 Å². The highest BCUT2D eigenvalue weighted by molar-refractivity contribution is 7.89. The van der Waals surface area contributed by atoms with Crippen LogP contribution >= 0.6 is 0 Å². The van der Waals surface area contributed by atoms with Crippen molar-refractivity contribution < 1.29 is 22.3 Å². The molecule has 0 aromatic heterocycles. The van der Waals surface area contributed by atoms with Gasteiger partial charge in [0.2, 0.25) is 15.9 Å². The van der Waals surface area contributed by atoms with Crippen molar-refractivity contribution in [1.29, 1.82) is 0 Å². The van der Waals surface area contributed by atoms with Crippen molar-refractivity contribution in [3.05, 3.63) is 95.8 Å². The zero-order valence-corrected chi connectivity index (χ0v) is 19.2. The number of nitrogens with one attached hydrogen (secondary N) is 1. The molecule has 0 aliphatic carbocycles. The standard InChI is InChI=1S/C25H27FN2O4S/c1-28(33(30,31)24-15-13-22(26)14-16-24)17-7-12-25(29)27-18-20-8-5-6-9-21(20)19-32-23-10-3-2-4-11-23/h2-6,8-11,13-16H,7,12,17-19H2,1H3,(H,27,29). The molecule has 0 aliphatic heterocycles. The van der Waals surface area contributed by atoms with Crippen LogP contribution in [0.15, 0.2) is 83.8 Å². The highest BCUT2D eigenvalue weighted by Gasteiger charge is 2.20. The van der Waals surface area contributed by atoms with E-state index in [0.29, 0.717) is 19.6 Å². The number of hydrogen-bond acceptors (Lipinski definition) is 4. The number of nitrogens with zero attached hydrogens (tertiary/aromatic N) is 1. The highest BCUT2D eigenvalue weighted by atomic mass is 32.2. The van der Waals surface area contributed by atoms with Gasteiger partial charge in [0.1, 0.15) is 18.2 Å². The van der Waals surface area contributed by atoms with Crippen molar-refractivity contribution in [3.63, 3.8) is 0 Å². The van der Waals surface area contributed by atoms with Gasteiger partial charge in [-0.2, -0.15) is 0 Å². The molecule has 3 aromatic carbocycles. The van der Waals surface area contributed by atoms with E-state index < -0.39 is 15.8 Å². The molecule has 3 rings (SSSR count). The Bertz CT molecular complexity index is 1150. The molecule has 0 atom stereocenters. The number of amides is 1. The summed E-state index contributed by atoms with van der Waals surface area (Å²) in [5.74, 6) is 0.110. The fourth-order valence-electron chi connectivity index (χ4n) is 3.20. The summed E-state index contributed by atoms with van der Waals surface area (Å²) in [7, 11) is -2.28. The summed E-state index contributed by atoms with van der Waals surface area (Å²) >= 11 is 0. The van der Waals surface area contributed by atoms with Crippen LogP contribution in [0.1, 0.15) is 24.0 Å². The van der Waals surface area contributed by atoms with Crippen LogP contribution in [0.3, 0.4) is 0 Å². The van der Waals surface area contributed by atoms with Gasteiger partial charge in [-0.05, 0) is 53.9 Å². The zero-order valence-electron chi connectivity index (χ0n) is 18.4. The van der Waals surface area contributed by atoms with Crippen molar-refractivity contribution in [2.45, 2.75) is 30.9 Å². The third-order valence-electron chi connectivity index (χ3n) is 5.13. The Balaban J connectivity index is 1.45. The first-order valence-corrected chi connectivity index (χ1v) is 12.0.